The fourth-order valence-electron chi connectivity index (χ4n) is 1.85. The Morgan fingerprint density at radius 2 is 2.60 bits per heavy atom. The van der Waals surface area contributed by atoms with Gasteiger partial charge in [0.25, 0.3) is 0 Å². The normalized spacial score (nSPS) is 20.7. The van der Waals surface area contributed by atoms with Gasteiger partial charge in [-0.25, -0.2) is 9.78 Å². The molecule has 82 valence electrons. The summed E-state index contributed by atoms with van der Waals surface area (Å²) in [4.78, 5) is 14.9. The predicted molar refractivity (Wildman–Crippen MR) is 52.8 cm³/mol. The van der Waals surface area contributed by atoms with Crippen molar-refractivity contribution in [2.75, 3.05) is 13.2 Å². The van der Waals surface area contributed by atoms with E-state index in [-0.39, 0.29) is 5.69 Å². The summed E-state index contributed by atoms with van der Waals surface area (Å²) in [6, 6.07) is 0. The van der Waals surface area contributed by atoms with E-state index in [0.717, 1.165) is 25.5 Å². The number of carboxylic acids is 1. The van der Waals surface area contributed by atoms with Crippen LogP contribution in [0.25, 0.3) is 0 Å². The molecular weight excluding hydrogens is 196 g/mol. The van der Waals surface area contributed by atoms with E-state index in [9.17, 15) is 4.79 Å². The zero-order chi connectivity index (χ0) is 10.8. The topological polar surface area (TPSA) is 64.3 Å². The van der Waals surface area contributed by atoms with Crippen LogP contribution in [0.15, 0.2) is 6.20 Å². The van der Waals surface area contributed by atoms with Gasteiger partial charge in [0.1, 0.15) is 11.5 Å². The molecule has 1 aliphatic rings. The number of ether oxygens (including phenoxy) is 1. The molecule has 2 rings (SSSR count). The number of nitrogens with zero attached hydrogens (tertiary/aromatic N) is 2. The van der Waals surface area contributed by atoms with Crippen LogP contribution in [0.3, 0.4) is 0 Å². The molecule has 1 aromatic rings. The standard InChI is InChI=1S/C10H14N2O3/c1-7-11-4-9(10(13)14)12(7)5-8-2-3-15-6-8/h4,8H,2-3,5-6H2,1H3,(H,13,14). The van der Waals surface area contributed by atoms with E-state index in [1.54, 1.807) is 4.57 Å². The molecule has 1 N–H and O–H groups in total. The fourth-order valence-corrected chi connectivity index (χ4v) is 1.85. The van der Waals surface area contributed by atoms with E-state index >= 15 is 0 Å². The molecule has 0 saturated carbocycles. The van der Waals surface area contributed by atoms with Crippen LogP contribution in [0.4, 0.5) is 0 Å². The van der Waals surface area contributed by atoms with Crippen LogP contribution in [0.1, 0.15) is 22.7 Å². The van der Waals surface area contributed by atoms with E-state index in [4.69, 9.17) is 9.84 Å². The third kappa shape index (κ3) is 2.02. The average Bonchev–Trinajstić information content (AvgIpc) is 2.78. The van der Waals surface area contributed by atoms with Crippen molar-refractivity contribution in [1.29, 1.82) is 0 Å². The van der Waals surface area contributed by atoms with Gasteiger partial charge in [-0.3, -0.25) is 0 Å². The van der Waals surface area contributed by atoms with Gasteiger partial charge in [-0.15, -0.1) is 0 Å². The molecule has 1 saturated heterocycles. The summed E-state index contributed by atoms with van der Waals surface area (Å²) >= 11 is 0. The van der Waals surface area contributed by atoms with Crippen molar-refractivity contribution in [3.63, 3.8) is 0 Å². The molecule has 5 heteroatoms. The van der Waals surface area contributed by atoms with Crippen molar-refractivity contribution in [1.82, 2.24) is 9.55 Å². The van der Waals surface area contributed by atoms with Gasteiger partial charge in [-0.2, -0.15) is 0 Å². The lowest BCUT2D eigenvalue weighted by molar-refractivity contribution is 0.0683. The highest BCUT2D eigenvalue weighted by Crippen LogP contribution is 2.17. The molecule has 0 bridgehead atoms. The van der Waals surface area contributed by atoms with Gasteiger partial charge in [0, 0.05) is 19.1 Å². The van der Waals surface area contributed by atoms with E-state index < -0.39 is 5.97 Å². The Balaban J connectivity index is 2.18. The Bertz CT molecular complexity index is 367. The molecule has 0 spiro atoms. The summed E-state index contributed by atoms with van der Waals surface area (Å²) in [6.07, 6.45) is 2.41. The van der Waals surface area contributed by atoms with Crippen molar-refractivity contribution in [2.45, 2.75) is 19.9 Å². The quantitative estimate of drug-likeness (QED) is 0.805. The molecule has 1 fully saturated rings. The number of carbonyl (C=O) groups is 1. The van der Waals surface area contributed by atoms with Gasteiger partial charge in [0.05, 0.1) is 12.8 Å². The van der Waals surface area contributed by atoms with E-state index in [0.29, 0.717) is 12.5 Å². The van der Waals surface area contributed by atoms with Crippen molar-refractivity contribution < 1.29 is 14.6 Å². The van der Waals surface area contributed by atoms with Crippen LogP contribution >= 0.6 is 0 Å². The summed E-state index contributed by atoms with van der Waals surface area (Å²) < 4.78 is 7.02. The molecular formula is C10H14N2O3. The summed E-state index contributed by atoms with van der Waals surface area (Å²) in [5.41, 5.74) is 0.263. The number of imidazole rings is 1. The monoisotopic (exact) mass is 210 g/mol. The van der Waals surface area contributed by atoms with Gasteiger partial charge < -0.3 is 14.4 Å². The second kappa shape index (κ2) is 4.02. The minimum absolute atomic E-state index is 0.263. The molecule has 1 aromatic heterocycles. The first-order chi connectivity index (χ1) is 7.18. The largest absolute Gasteiger partial charge is 0.477 e. The maximum atomic E-state index is 10.9. The fraction of sp³-hybridized carbons (Fsp3) is 0.600. The molecule has 0 amide bonds. The first-order valence-electron chi connectivity index (χ1n) is 5.01. The lowest BCUT2D eigenvalue weighted by atomic mass is 10.1. The summed E-state index contributed by atoms with van der Waals surface area (Å²) in [7, 11) is 0. The van der Waals surface area contributed by atoms with Crippen molar-refractivity contribution >= 4 is 5.97 Å². The summed E-state index contributed by atoms with van der Waals surface area (Å²) in [6.45, 7) is 4.01. The number of aryl methyl sites for hydroxylation is 1. The molecule has 15 heavy (non-hydrogen) atoms. The smallest absolute Gasteiger partial charge is 0.354 e. The number of rotatable bonds is 3. The number of hydrogen-bond acceptors (Lipinski definition) is 3. The highest BCUT2D eigenvalue weighted by atomic mass is 16.5. The second-order valence-electron chi connectivity index (χ2n) is 3.84. The number of aromatic carboxylic acids is 1. The van der Waals surface area contributed by atoms with E-state index in [2.05, 4.69) is 4.98 Å². The maximum Gasteiger partial charge on any atom is 0.354 e. The lowest BCUT2D eigenvalue weighted by Gasteiger charge is -2.11. The molecule has 1 unspecified atom stereocenters. The Labute approximate surface area is 87.7 Å². The summed E-state index contributed by atoms with van der Waals surface area (Å²) in [5, 5.41) is 8.96. The zero-order valence-electron chi connectivity index (χ0n) is 8.64. The first-order valence-corrected chi connectivity index (χ1v) is 5.01. The molecule has 0 radical (unpaired) electrons. The zero-order valence-corrected chi connectivity index (χ0v) is 8.64. The summed E-state index contributed by atoms with van der Waals surface area (Å²) in [5.74, 6) is 0.241. The van der Waals surface area contributed by atoms with Crippen molar-refractivity contribution in [3.8, 4) is 0 Å². The molecule has 0 aliphatic carbocycles. The number of aromatic nitrogens is 2. The lowest BCUT2D eigenvalue weighted by Crippen LogP contribution is -2.16. The SMILES string of the molecule is Cc1ncc(C(=O)O)n1CC1CCOC1. The van der Waals surface area contributed by atoms with Crippen molar-refractivity contribution in [3.05, 3.63) is 17.7 Å². The Morgan fingerprint density at radius 3 is 3.20 bits per heavy atom. The van der Waals surface area contributed by atoms with Crippen molar-refractivity contribution in [2.24, 2.45) is 5.92 Å². The molecule has 5 nitrogen and oxygen atoms in total. The predicted octanol–water partition coefficient (Wildman–Crippen LogP) is 0.926. The van der Waals surface area contributed by atoms with Crippen LogP contribution in [-0.2, 0) is 11.3 Å². The minimum Gasteiger partial charge on any atom is -0.477 e. The molecule has 2 heterocycles. The first kappa shape index (κ1) is 10.2. The maximum absolute atomic E-state index is 10.9. The second-order valence-corrected chi connectivity index (χ2v) is 3.84. The van der Waals surface area contributed by atoms with Gasteiger partial charge in [0.2, 0.25) is 0 Å². The highest BCUT2D eigenvalue weighted by molar-refractivity contribution is 5.85. The van der Waals surface area contributed by atoms with Gasteiger partial charge in [-0.05, 0) is 13.3 Å². The minimum atomic E-state index is -0.922. The Hall–Kier alpha value is -1.36. The van der Waals surface area contributed by atoms with Crippen LogP contribution in [-0.4, -0.2) is 33.8 Å². The van der Waals surface area contributed by atoms with E-state index in [1.807, 2.05) is 6.92 Å². The van der Waals surface area contributed by atoms with Crippen LogP contribution < -0.4 is 0 Å². The van der Waals surface area contributed by atoms with Crippen LogP contribution in [0, 0.1) is 12.8 Å². The van der Waals surface area contributed by atoms with Crippen LogP contribution in [0.2, 0.25) is 0 Å². The number of hydrogen-bond donors (Lipinski definition) is 1. The Kier molecular flexibility index (Phi) is 2.73. The number of carboxylic acid groups (broad SMARTS) is 1. The van der Waals surface area contributed by atoms with E-state index in [1.165, 1.54) is 6.20 Å². The third-order valence-electron chi connectivity index (χ3n) is 2.74. The molecule has 0 aromatic carbocycles. The van der Waals surface area contributed by atoms with Gasteiger partial charge in [-0.1, -0.05) is 0 Å². The Morgan fingerprint density at radius 1 is 1.80 bits per heavy atom. The molecule has 1 atom stereocenters. The van der Waals surface area contributed by atoms with Crippen LogP contribution in [0.5, 0.6) is 0 Å². The third-order valence-corrected chi connectivity index (χ3v) is 2.74. The molecule has 1 aliphatic heterocycles. The van der Waals surface area contributed by atoms with Gasteiger partial charge >= 0.3 is 5.97 Å². The van der Waals surface area contributed by atoms with Gasteiger partial charge in [0.15, 0.2) is 0 Å². The highest BCUT2D eigenvalue weighted by Gasteiger charge is 2.20. The average molecular weight is 210 g/mol.